The van der Waals surface area contributed by atoms with Gasteiger partial charge in [0, 0.05) is 10.0 Å². The molecule has 0 unspecified atom stereocenters. The Bertz CT molecular complexity index is 683. The summed E-state index contributed by atoms with van der Waals surface area (Å²) in [7, 11) is 1.57. The quantitative estimate of drug-likeness (QED) is 0.382. The smallest absolute Gasteiger partial charge is 0.339 e. The summed E-state index contributed by atoms with van der Waals surface area (Å²) in [6.45, 7) is -0.136. The molecule has 0 saturated heterocycles. The topological polar surface area (TPSA) is 68.1 Å². The average Bonchev–Trinajstić information content (AvgIpc) is 2.56. The van der Waals surface area contributed by atoms with Gasteiger partial charge in [0.2, 0.25) is 0 Å². The maximum atomic E-state index is 12.0. The van der Waals surface area contributed by atoms with Crippen molar-refractivity contribution in [2.75, 3.05) is 13.7 Å². The zero-order valence-electron chi connectivity index (χ0n) is 11.8. The van der Waals surface area contributed by atoms with E-state index in [0.29, 0.717) is 21.3 Å². The number of carbonyl (C=O) groups excluding carboxylic acids is 1. The van der Waals surface area contributed by atoms with Crippen LogP contribution in [0.2, 0.25) is 0 Å². The maximum absolute atomic E-state index is 12.0. The van der Waals surface area contributed by atoms with Crippen molar-refractivity contribution in [3.63, 3.8) is 0 Å². The highest BCUT2D eigenvalue weighted by Crippen LogP contribution is 2.17. The van der Waals surface area contributed by atoms with Gasteiger partial charge in [0.1, 0.15) is 18.1 Å². The molecule has 22 heavy (non-hydrogen) atoms. The average molecular weight is 364 g/mol. The van der Waals surface area contributed by atoms with Crippen molar-refractivity contribution >= 4 is 27.6 Å². The molecular formula is C16H14BrNO4. The summed E-state index contributed by atoms with van der Waals surface area (Å²) in [6, 6.07) is 13.9. The zero-order valence-corrected chi connectivity index (χ0v) is 13.4. The second kappa shape index (κ2) is 7.61. The second-order valence-electron chi connectivity index (χ2n) is 4.33. The van der Waals surface area contributed by atoms with E-state index in [2.05, 4.69) is 21.1 Å². The molecule has 2 aromatic carbocycles. The van der Waals surface area contributed by atoms with Crippen molar-refractivity contribution in [2.45, 2.75) is 0 Å². The molecule has 0 heterocycles. The molecule has 0 aliphatic carbocycles. The van der Waals surface area contributed by atoms with Gasteiger partial charge >= 0.3 is 5.97 Å². The number of methoxy groups -OCH3 is 1. The molecule has 0 fully saturated rings. The van der Waals surface area contributed by atoms with Crippen molar-refractivity contribution in [1.82, 2.24) is 0 Å². The van der Waals surface area contributed by atoms with E-state index in [0.717, 1.165) is 0 Å². The van der Waals surface area contributed by atoms with Crippen LogP contribution in [0.4, 0.5) is 0 Å². The van der Waals surface area contributed by atoms with Gasteiger partial charge in [-0.2, -0.15) is 0 Å². The first kappa shape index (κ1) is 16.0. The number of halogens is 1. The van der Waals surface area contributed by atoms with Crippen LogP contribution >= 0.6 is 15.9 Å². The van der Waals surface area contributed by atoms with Gasteiger partial charge in [-0.05, 0) is 52.3 Å². The predicted molar refractivity (Wildman–Crippen MR) is 85.7 cm³/mol. The molecule has 0 atom stereocenters. The number of nitrogens with zero attached hydrogens (tertiary/aromatic N) is 1. The molecule has 0 aliphatic heterocycles. The van der Waals surface area contributed by atoms with Gasteiger partial charge in [-0.3, -0.25) is 0 Å². The van der Waals surface area contributed by atoms with Crippen LogP contribution in [0.5, 0.6) is 5.75 Å². The minimum atomic E-state index is -0.498. The molecule has 2 rings (SSSR count). The number of esters is 1. The van der Waals surface area contributed by atoms with Crippen molar-refractivity contribution in [3.05, 3.63) is 64.1 Å². The molecule has 114 valence electrons. The van der Waals surface area contributed by atoms with Crippen molar-refractivity contribution in [2.24, 2.45) is 5.16 Å². The monoisotopic (exact) mass is 363 g/mol. The Labute approximate surface area is 136 Å². The Morgan fingerprint density at radius 1 is 1.18 bits per heavy atom. The molecule has 0 spiro atoms. The van der Waals surface area contributed by atoms with Gasteiger partial charge in [-0.25, -0.2) is 4.79 Å². The van der Waals surface area contributed by atoms with Crippen molar-refractivity contribution < 1.29 is 19.5 Å². The van der Waals surface area contributed by atoms with E-state index in [1.54, 1.807) is 55.6 Å². The maximum Gasteiger partial charge on any atom is 0.339 e. The Morgan fingerprint density at radius 3 is 2.45 bits per heavy atom. The molecular weight excluding hydrogens is 350 g/mol. The lowest BCUT2D eigenvalue weighted by Crippen LogP contribution is -2.15. The minimum Gasteiger partial charge on any atom is -0.497 e. The Kier molecular flexibility index (Phi) is 5.55. The standard InChI is InChI=1S/C16H14BrNO4/c1-21-12-8-6-11(7-9-12)15(18-20)10-22-16(19)13-4-2-3-5-14(13)17/h2-9,20H,10H2,1H3/b18-15+. The fourth-order valence-corrected chi connectivity index (χ4v) is 2.24. The van der Waals surface area contributed by atoms with Gasteiger partial charge in [0.05, 0.1) is 12.7 Å². The number of rotatable bonds is 5. The highest BCUT2D eigenvalue weighted by Gasteiger charge is 2.13. The molecule has 0 saturated carbocycles. The van der Waals surface area contributed by atoms with Crippen LogP contribution in [-0.4, -0.2) is 30.6 Å². The molecule has 0 bridgehead atoms. The molecule has 5 nitrogen and oxygen atoms in total. The zero-order chi connectivity index (χ0) is 15.9. The minimum absolute atomic E-state index is 0.136. The van der Waals surface area contributed by atoms with Gasteiger partial charge < -0.3 is 14.7 Å². The van der Waals surface area contributed by atoms with Crippen LogP contribution in [0.25, 0.3) is 0 Å². The van der Waals surface area contributed by atoms with E-state index in [4.69, 9.17) is 14.7 Å². The van der Waals surface area contributed by atoms with E-state index >= 15 is 0 Å². The first-order valence-electron chi connectivity index (χ1n) is 6.42. The van der Waals surface area contributed by atoms with E-state index in [1.807, 2.05) is 0 Å². The summed E-state index contributed by atoms with van der Waals surface area (Å²) in [5.41, 5.74) is 1.31. The largest absolute Gasteiger partial charge is 0.497 e. The van der Waals surface area contributed by atoms with Crippen molar-refractivity contribution in [3.8, 4) is 5.75 Å². The molecule has 0 aromatic heterocycles. The number of ether oxygens (including phenoxy) is 2. The first-order valence-corrected chi connectivity index (χ1v) is 7.22. The van der Waals surface area contributed by atoms with Gasteiger partial charge in [0.25, 0.3) is 0 Å². The lowest BCUT2D eigenvalue weighted by Gasteiger charge is -2.08. The SMILES string of the molecule is COc1ccc(/C(COC(=O)c2ccccc2Br)=N/O)cc1. The number of hydrogen-bond acceptors (Lipinski definition) is 5. The number of carbonyl (C=O) groups is 1. The van der Waals surface area contributed by atoms with E-state index in [1.165, 1.54) is 0 Å². The third-order valence-electron chi connectivity index (χ3n) is 2.98. The molecule has 2 aromatic rings. The van der Waals surface area contributed by atoms with Crippen LogP contribution in [0, 0.1) is 0 Å². The molecule has 6 heteroatoms. The summed E-state index contributed by atoms with van der Waals surface area (Å²) >= 11 is 3.29. The summed E-state index contributed by atoms with van der Waals surface area (Å²) in [4.78, 5) is 12.0. The highest BCUT2D eigenvalue weighted by atomic mass is 79.9. The van der Waals surface area contributed by atoms with Gasteiger partial charge in [0.15, 0.2) is 0 Å². The second-order valence-corrected chi connectivity index (χ2v) is 5.19. The molecule has 0 radical (unpaired) electrons. The number of benzene rings is 2. The Morgan fingerprint density at radius 2 is 1.86 bits per heavy atom. The number of hydrogen-bond donors (Lipinski definition) is 1. The summed E-state index contributed by atoms with van der Waals surface area (Å²) in [6.07, 6.45) is 0. The van der Waals surface area contributed by atoms with Crippen LogP contribution in [0.3, 0.4) is 0 Å². The van der Waals surface area contributed by atoms with Crippen LogP contribution in [-0.2, 0) is 4.74 Å². The third-order valence-corrected chi connectivity index (χ3v) is 3.67. The first-order chi connectivity index (χ1) is 10.7. The van der Waals surface area contributed by atoms with Gasteiger partial charge in [-0.1, -0.05) is 17.3 Å². The fourth-order valence-electron chi connectivity index (χ4n) is 1.79. The van der Waals surface area contributed by atoms with Crippen LogP contribution in [0.15, 0.2) is 58.2 Å². The lowest BCUT2D eigenvalue weighted by atomic mass is 10.1. The molecule has 0 amide bonds. The van der Waals surface area contributed by atoms with Crippen LogP contribution in [0.1, 0.15) is 15.9 Å². The Hall–Kier alpha value is -2.34. The van der Waals surface area contributed by atoms with E-state index in [-0.39, 0.29) is 12.3 Å². The molecule has 0 aliphatic rings. The van der Waals surface area contributed by atoms with Crippen LogP contribution < -0.4 is 4.74 Å². The summed E-state index contributed by atoms with van der Waals surface area (Å²) in [5, 5.41) is 12.3. The van der Waals surface area contributed by atoms with Gasteiger partial charge in [-0.15, -0.1) is 0 Å². The predicted octanol–water partition coefficient (Wildman–Crippen LogP) is 3.49. The third kappa shape index (κ3) is 3.85. The van der Waals surface area contributed by atoms with E-state index < -0.39 is 5.97 Å². The fraction of sp³-hybridized carbons (Fsp3) is 0.125. The normalized spacial score (nSPS) is 11.1. The number of oxime groups is 1. The Balaban J connectivity index is 2.05. The summed E-state index contributed by atoms with van der Waals surface area (Å²) < 4.78 is 10.9. The van der Waals surface area contributed by atoms with Crippen molar-refractivity contribution in [1.29, 1.82) is 0 Å². The summed E-state index contributed by atoms with van der Waals surface area (Å²) in [5.74, 6) is 0.188. The highest BCUT2D eigenvalue weighted by molar-refractivity contribution is 9.10. The molecule has 1 N–H and O–H groups in total. The van der Waals surface area contributed by atoms with E-state index in [9.17, 15) is 4.79 Å². The lowest BCUT2D eigenvalue weighted by molar-refractivity contribution is 0.0561.